The Labute approximate surface area is 72.1 Å². The number of hydrogen-bond acceptors (Lipinski definition) is 4. The number of aromatic nitrogens is 2. The molecule has 0 aliphatic carbocycles. The van der Waals surface area contributed by atoms with E-state index in [2.05, 4.69) is 5.10 Å². The first-order chi connectivity index (χ1) is 5.77. The van der Waals surface area contributed by atoms with Crippen LogP contribution in [0.15, 0.2) is 26.0 Å². The molecule has 0 aliphatic heterocycles. The molecular weight excluding hydrogens is 176 g/mol. The van der Waals surface area contributed by atoms with Crippen LogP contribution in [0.5, 0.6) is 0 Å². The molecule has 2 aromatic rings. The number of aryl methyl sites for hydroxylation is 1. The molecule has 4 nitrogen and oxygen atoms in total. The number of thiophene rings is 1. The summed E-state index contributed by atoms with van der Waals surface area (Å²) >= 11 is 1.54. The van der Waals surface area contributed by atoms with Crippen LogP contribution in [0.1, 0.15) is 0 Å². The Hall–Kier alpha value is -1.36. The Kier molecular flexibility index (Phi) is 1.58. The van der Waals surface area contributed by atoms with E-state index in [1.54, 1.807) is 7.05 Å². The third kappa shape index (κ3) is 1.08. The van der Waals surface area contributed by atoms with E-state index < -0.39 is 5.76 Å². The summed E-state index contributed by atoms with van der Waals surface area (Å²) in [5, 5.41) is 7.68. The minimum absolute atomic E-state index is 0.378. The van der Waals surface area contributed by atoms with Crippen LogP contribution in [-0.4, -0.2) is 9.78 Å². The fourth-order valence-electron chi connectivity index (χ4n) is 0.849. The Morgan fingerprint density at radius 1 is 1.67 bits per heavy atom. The van der Waals surface area contributed by atoms with Crippen molar-refractivity contribution in [3.63, 3.8) is 0 Å². The van der Waals surface area contributed by atoms with Crippen molar-refractivity contribution >= 4 is 11.3 Å². The molecule has 2 aromatic heterocycles. The minimum Gasteiger partial charge on any atom is -0.388 e. The van der Waals surface area contributed by atoms with E-state index in [4.69, 9.17) is 4.42 Å². The van der Waals surface area contributed by atoms with Gasteiger partial charge in [0.05, 0.1) is 0 Å². The molecule has 0 N–H and O–H groups in total. The second-order valence-corrected chi connectivity index (χ2v) is 3.09. The fourth-order valence-corrected chi connectivity index (χ4v) is 1.48. The van der Waals surface area contributed by atoms with E-state index in [9.17, 15) is 4.79 Å². The van der Waals surface area contributed by atoms with E-state index in [-0.39, 0.29) is 0 Å². The molecule has 0 aromatic carbocycles. The third-order valence-corrected chi connectivity index (χ3v) is 2.14. The van der Waals surface area contributed by atoms with Gasteiger partial charge in [0.25, 0.3) is 0 Å². The molecule has 0 aliphatic rings. The van der Waals surface area contributed by atoms with E-state index in [0.717, 1.165) is 5.56 Å². The van der Waals surface area contributed by atoms with Gasteiger partial charge < -0.3 is 4.42 Å². The lowest BCUT2D eigenvalue weighted by Gasteiger charge is -1.82. The molecule has 0 fully saturated rings. The van der Waals surface area contributed by atoms with Gasteiger partial charge in [-0.1, -0.05) is 0 Å². The predicted molar refractivity (Wildman–Crippen MR) is 45.1 cm³/mol. The minimum atomic E-state index is -0.434. The first kappa shape index (κ1) is 7.30. The van der Waals surface area contributed by atoms with E-state index in [0.29, 0.717) is 5.89 Å². The first-order valence-electron chi connectivity index (χ1n) is 3.34. The zero-order valence-electron chi connectivity index (χ0n) is 6.35. The Bertz CT molecular complexity index is 426. The van der Waals surface area contributed by atoms with Crippen LogP contribution in [-0.2, 0) is 7.05 Å². The molecule has 5 heteroatoms. The van der Waals surface area contributed by atoms with E-state index in [1.807, 2.05) is 16.8 Å². The van der Waals surface area contributed by atoms with Gasteiger partial charge >= 0.3 is 5.76 Å². The Morgan fingerprint density at radius 2 is 2.50 bits per heavy atom. The van der Waals surface area contributed by atoms with Gasteiger partial charge in [-0.15, -0.1) is 5.10 Å². The summed E-state index contributed by atoms with van der Waals surface area (Å²) in [5.41, 5.74) is 0.845. The molecule has 0 spiro atoms. The van der Waals surface area contributed by atoms with Crippen molar-refractivity contribution in [1.29, 1.82) is 0 Å². The van der Waals surface area contributed by atoms with Gasteiger partial charge in [0, 0.05) is 18.0 Å². The van der Waals surface area contributed by atoms with E-state index >= 15 is 0 Å². The average Bonchev–Trinajstić information content (AvgIpc) is 2.61. The molecule has 0 bridgehead atoms. The molecule has 0 amide bonds. The fraction of sp³-hybridized carbons (Fsp3) is 0.143. The zero-order chi connectivity index (χ0) is 8.55. The molecule has 0 saturated carbocycles. The maximum Gasteiger partial charge on any atom is 0.437 e. The average molecular weight is 182 g/mol. The summed E-state index contributed by atoms with van der Waals surface area (Å²) in [6, 6.07) is 1.86. The first-order valence-corrected chi connectivity index (χ1v) is 4.28. The van der Waals surface area contributed by atoms with Crippen molar-refractivity contribution in [3.05, 3.63) is 27.4 Å². The van der Waals surface area contributed by atoms with Gasteiger partial charge in [-0.25, -0.2) is 4.79 Å². The summed E-state index contributed by atoms with van der Waals surface area (Å²) in [5.74, 6) is -0.0556. The highest BCUT2D eigenvalue weighted by Crippen LogP contribution is 2.17. The lowest BCUT2D eigenvalue weighted by Crippen LogP contribution is -2.09. The summed E-state index contributed by atoms with van der Waals surface area (Å²) < 4.78 is 6.04. The van der Waals surface area contributed by atoms with Crippen LogP contribution in [0.3, 0.4) is 0 Å². The SMILES string of the molecule is Cn1nc(-c2ccsc2)oc1=O. The van der Waals surface area contributed by atoms with Crippen LogP contribution < -0.4 is 5.76 Å². The molecule has 0 saturated heterocycles. The highest BCUT2D eigenvalue weighted by Gasteiger charge is 2.06. The second kappa shape index (κ2) is 2.60. The predicted octanol–water partition coefficient (Wildman–Crippen LogP) is 1.10. The highest BCUT2D eigenvalue weighted by molar-refractivity contribution is 7.08. The summed E-state index contributed by atoms with van der Waals surface area (Å²) in [4.78, 5) is 10.9. The standard InChI is InChI=1S/C7H6N2O2S/c1-9-7(10)11-6(8-9)5-2-3-12-4-5/h2-4H,1H3. The van der Waals surface area contributed by atoms with Crippen LogP contribution in [0.25, 0.3) is 11.5 Å². The normalized spacial score (nSPS) is 10.4. The van der Waals surface area contributed by atoms with Gasteiger partial charge in [-0.3, -0.25) is 0 Å². The lowest BCUT2D eigenvalue weighted by atomic mass is 10.3. The number of hydrogen-bond donors (Lipinski definition) is 0. The number of nitrogens with zero attached hydrogens (tertiary/aromatic N) is 2. The molecular formula is C7H6N2O2S. The van der Waals surface area contributed by atoms with Crippen molar-refractivity contribution in [1.82, 2.24) is 9.78 Å². The van der Waals surface area contributed by atoms with E-state index in [1.165, 1.54) is 16.0 Å². The molecule has 2 heterocycles. The maximum absolute atomic E-state index is 10.9. The zero-order valence-corrected chi connectivity index (χ0v) is 7.17. The smallest absolute Gasteiger partial charge is 0.388 e. The van der Waals surface area contributed by atoms with Crippen LogP contribution in [0.2, 0.25) is 0 Å². The molecule has 0 unspecified atom stereocenters. The van der Waals surface area contributed by atoms with Gasteiger partial charge in [0.2, 0.25) is 5.89 Å². The largest absolute Gasteiger partial charge is 0.437 e. The third-order valence-electron chi connectivity index (χ3n) is 1.46. The summed E-state index contributed by atoms with van der Waals surface area (Å²) in [7, 11) is 1.56. The quantitative estimate of drug-likeness (QED) is 0.663. The topological polar surface area (TPSA) is 48.0 Å². The summed E-state index contributed by atoms with van der Waals surface area (Å²) in [6.07, 6.45) is 0. The van der Waals surface area contributed by atoms with Crippen molar-refractivity contribution in [3.8, 4) is 11.5 Å². The van der Waals surface area contributed by atoms with Crippen LogP contribution in [0, 0.1) is 0 Å². The monoisotopic (exact) mass is 182 g/mol. The van der Waals surface area contributed by atoms with Crippen molar-refractivity contribution in [2.45, 2.75) is 0 Å². The molecule has 62 valence electrons. The lowest BCUT2D eigenvalue weighted by molar-refractivity contribution is 0.505. The molecule has 12 heavy (non-hydrogen) atoms. The van der Waals surface area contributed by atoms with Gasteiger partial charge in [-0.05, 0) is 11.4 Å². The molecule has 0 atom stereocenters. The van der Waals surface area contributed by atoms with Gasteiger partial charge in [0.15, 0.2) is 0 Å². The maximum atomic E-state index is 10.9. The second-order valence-electron chi connectivity index (χ2n) is 2.31. The van der Waals surface area contributed by atoms with Gasteiger partial charge in [0.1, 0.15) is 0 Å². The van der Waals surface area contributed by atoms with Gasteiger partial charge in [-0.2, -0.15) is 16.0 Å². The molecule has 0 radical (unpaired) electrons. The van der Waals surface area contributed by atoms with Crippen molar-refractivity contribution < 1.29 is 4.42 Å². The van der Waals surface area contributed by atoms with Crippen molar-refractivity contribution in [2.75, 3.05) is 0 Å². The van der Waals surface area contributed by atoms with Crippen LogP contribution >= 0.6 is 11.3 Å². The van der Waals surface area contributed by atoms with Crippen molar-refractivity contribution in [2.24, 2.45) is 7.05 Å². The molecule has 2 rings (SSSR count). The Morgan fingerprint density at radius 3 is 3.00 bits per heavy atom. The Balaban J connectivity index is 2.56. The summed E-state index contributed by atoms with van der Waals surface area (Å²) in [6.45, 7) is 0. The number of rotatable bonds is 1. The highest BCUT2D eigenvalue weighted by atomic mass is 32.1. The van der Waals surface area contributed by atoms with Crippen LogP contribution in [0.4, 0.5) is 0 Å².